The monoisotopic (exact) mass is 448 g/mol. The minimum Gasteiger partial charge on any atom is -0.465 e. The Balaban J connectivity index is 2.48. The molecule has 1 amide bonds. The predicted octanol–water partition coefficient (Wildman–Crippen LogP) is 2.58. The summed E-state index contributed by atoms with van der Waals surface area (Å²) in [5, 5.41) is 2.55. The van der Waals surface area contributed by atoms with Gasteiger partial charge in [-0.15, -0.1) is 0 Å². The number of rotatable bonds is 9. The number of anilines is 2. The number of esters is 2. The maximum absolute atomic E-state index is 13.3. The molecular weight excluding hydrogens is 424 g/mol. The van der Waals surface area contributed by atoms with Crippen LogP contribution in [0.15, 0.2) is 53.4 Å². The van der Waals surface area contributed by atoms with Crippen LogP contribution in [-0.4, -0.2) is 46.0 Å². The fourth-order valence-corrected chi connectivity index (χ4v) is 4.08. The maximum Gasteiger partial charge on any atom is 0.338 e. The molecule has 0 aromatic heterocycles. The van der Waals surface area contributed by atoms with Crippen molar-refractivity contribution in [1.82, 2.24) is 0 Å². The Morgan fingerprint density at radius 3 is 2.19 bits per heavy atom. The van der Waals surface area contributed by atoms with Crippen LogP contribution >= 0.6 is 0 Å². The zero-order chi connectivity index (χ0) is 23.0. The Bertz CT molecular complexity index is 1050. The summed E-state index contributed by atoms with van der Waals surface area (Å²) in [7, 11) is -4.20. The molecule has 0 aliphatic carbocycles. The Hall–Kier alpha value is -3.40. The number of amides is 1. The highest BCUT2D eigenvalue weighted by Crippen LogP contribution is 2.26. The van der Waals surface area contributed by atoms with Gasteiger partial charge in [0.1, 0.15) is 6.54 Å². The highest BCUT2D eigenvalue weighted by Gasteiger charge is 2.28. The molecule has 0 spiro atoms. The van der Waals surface area contributed by atoms with Crippen LogP contribution in [0.5, 0.6) is 0 Å². The Labute approximate surface area is 181 Å². The van der Waals surface area contributed by atoms with Crippen molar-refractivity contribution in [3.05, 3.63) is 54.1 Å². The summed E-state index contributed by atoms with van der Waals surface area (Å²) < 4.78 is 37.4. The first-order valence-corrected chi connectivity index (χ1v) is 11.0. The van der Waals surface area contributed by atoms with Gasteiger partial charge < -0.3 is 14.8 Å². The summed E-state index contributed by atoms with van der Waals surface area (Å²) in [6, 6.07) is 11.3. The van der Waals surface area contributed by atoms with E-state index in [0.717, 1.165) is 4.31 Å². The van der Waals surface area contributed by atoms with Crippen LogP contribution in [0.1, 0.15) is 31.1 Å². The fourth-order valence-electron chi connectivity index (χ4n) is 2.68. The van der Waals surface area contributed by atoms with Gasteiger partial charge in [-0.2, -0.15) is 0 Å². The molecule has 0 saturated carbocycles. The molecule has 0 atom stereocenters. The van der Waals surface area contributed by atoms with Crippen LogP contribution in [-0.2, 0) is 29.1 Å². The van der Waals surface area contributed by atoms with Gasteiger partial charge in [-0.05, 0) is 56.3 Å². The number of benzene rings is 2. The lowest BCUT2D eigenvalue weighted by Crippen LogP contribution is -2.36. The topological polar surface area (TPSA) is 119 Å². The van der Waals surface area contributed by atoms with Crippen molar-refractivity contribution in [2.45, 2.75) is 25.7 Å². The molecule has 31 heavy (non-hydrogen) atoms. The van der Waals surface area contributed by atoms with Crippen molar-refractivity contribution in [2.24, 2.45) is 0 Å². The first-order valence-electron chi connectivity index (χ1n) is 9.52. The van der Waals surface area contributed by atoms with E-state index in [1.54, 1.807) is 13.8 Å². The molecule has 9 nitrogen and oxygen atoms in total. The number of ether oxygens (including phenoxy) is 2. The molecular formula is C21H24N2O7S. The summed E-state index contributed by atoms with van der Waals surface area (Å²) in [4.78, 5) is 35.3. The minimum absolute atomic E-state index is 0.0843. The number of nitrogens with zero attached hydrogens (tertiary/aromatic N) is 1. The van der Waals surface area contributed by atoms with E-state index in [9.17, 15) is 22.8 Å². The molecule has 0 radical (unpaired) electrons. The number of hydrogen-bond donors (Lipinski definition) is 1. The average molecular weight is 448 g/mol. The van der Waals surface area contributed by atoms with Crippen LogP contribution in [0.4, 0.5) is 11.4 Å². The second kappa shape index (κ2) is 10.6. The molecule has 2 rings (SSSR count). The van der Waals surface area contributed by atoms with Gasteiger partial charge in [0.25, 0.3) is 10.0 Å². The molecule has 166 valence electrons. The van der Waals surface area contributed by atoms with Crippen LogP contribution in [0.3, 0.4) is 0 Å². The molecule has 0 aliphatic heterocycles. The average Bonchev–Trinajstić information content (AvgIpc) is 2.72. The third-order valence-electron chi connectivity index (χ3n) is 3.99. The van der Waals surface area contributed by atoms with E-state index in [2.05, 4.69) is 5.32 Å². The normalized spacial score (nSPS) is 10.8. The molecule has 1 N–H and O–H groups in total. The zero-order valence-corrected chi connectivity index (χ0v) is 18.3. The Morgan fingerprint density at radius 2 is 1.61 bits per heavy atom. The number of nitrogens with one attached hydrogen (secondary N) is 1. The largest absolute Gasteiger partial charge is 0.465 e. The van der Waals surface area contributed by atoms with Crippen molar-refractivity contribution in [3.8, 4) is 0 Å². The van der Waals surface area contributed by atoms with Gasteiger partial charge in [0.05, 0.1) is 29.4 Å². The van der Waals surface area contributed by atoms with E-state index < -0.39 is 28.5 Å². The third kappa shape index (κ3) is 6.29. The van der Waals surface area contributed by atoms with E-state index in [0.29, 0.717) is 5.69 Å². The number of carbonyl (C=O) groups is 3. The SMILES string of the molecule is CCOC(=O)CN(c1cccc(C(=O)OCC)c1)S(=O)(=O)c1ccc(NC(C)=O)cc1. The highest BCUT2D eigenvalue weighted by molar-refractivity contribution is 7.92. The molecule has 0 heterocycles. The fraction of sp³-hybridized carbons (Fsp3) is 0.286. The number of sulfonamides is 1. The standard InChI is InChI=1S/C21H24N2O7S/c1-4-29-20(25)14-23(18-8-6-7-16(13-18)21(26)30-5-2)31(27,28)19-11-9-17(10-12-19)22-15(3)24/h6-13H,4-5,14H2,1-3H3,(H,22,24). The molecule has 2 aromatic carbocycles. The third-order valence-corrected chi connectivity index (χ3v) is 5.77. The summed E-state index contributed by atoms with van der Waals surface area (Å²) >= 11 is 0. The molecule has 0 fully saturated rings. The smallest absolute Gasteiger partial charge is 0.338 e. The number of hydrogen-bond acceptors (Lipinski definition) is 7. The van der Waals surface area contributed by atoms with Gasteiger partial charge in [0.15, 0.2) is 0 Å². The Morgan fingerprint density at radius 1 is 0.968 bits per heavy atom. The van der Waals surface area contributed by atoms with Crippen LogP contribution in [0.25, 0.3) is 0 Å². The lowest BCUT2D eigenvalue weighted by Gasteiger charge is -2.24. The van der Waals surface area contributed by atoms with E-state index in [1.807, 2.05) is 0 Å². The summed E-state index contributed by atoms with van der Waals surface area (Å²) in [6.07, 6.45) is 0. The quantitative estimate of drug-likeness (QED) is 0.586. The number of carbonyl (C=O) groups excluding carboxylic acids is 3. The van der Waals surface area contributed by atoms with E-state index in [1.165, 1.54) is 55.5 Å². The molecule has 10 heteroatoms. The molecule has 2 aromatic rings. The lowest BCUT2D eigenvalue weighted by molar-refractivity contribution is -0.141. The zero-order valence-electron chi connectivity index (χ0n) is 17.5. The van der Waals surface area contributed by atoms with Gasteiger partial charge in [-0.3, -0.25) is 13.9 Å². The van der Waals surface area contributed by atoms with Gasteiger partial charge in [-0.1, -0.05) is 6.07 Å². The van der Waals surface area contributed by atoms with Crippen molar-refractivity contribution >= 4 is 39.2 Å². The van der Waals surface area contributed by atoms with Crippen molar-refractivity contribution in [2.75, 3.05) is 29.4 Å². The van der Waals surface area contributed by atoms with E-state index >= 15 is 0 Å². The Kier molecular flexibility index (Phi) is 8.14. The minimum atomic E-state index is -4.20. The van der Waals surface area contributed by atoms with Gasteiger partial charge in [0.2, 0.25) is 5.91 Å². The van der Waals surface area contributed by atoms with Gasteiger partial charge in [-0.25, -0.2) is 13.2 Å². The van der Waals surface area contributed by atoms with Gasteiger partial charge >= 0.3 is 11.9 Å². The first kappa shape index (κ1) is 23.9. The van der Waals surface area contributed by atoms with Crippen molar-refractivity contribution in [1.29, 1.82) is 0 Å². The second-order valence-corrected chi connectivity index (χ2v) is 8.16. The first-order chi connectivity index (χ1) is 14.7. The van der Waals surface area contributed by atoms with Crippen LogP contribution < -0.4 is 9.62 Å². The van der Waals surface area contributed by atoms with E-state index in [-0.39, 0.29) is 35.3 Å². The molecule has 0 unspecified atom stereocenters. The van der Waals surface area contributed by atoms with Crippen molar-refractivity contribution < 1.29 is 32.3 Å². The maximum atomic E-state index is 13.3. The summed E-state index contributed by atoms with van der Waals surface area (Å²) in [5.41, 5.74) is 0.668. The van der Waals surface area contributed by atoms with Crippen LogP contribution in [0.2, 0.25) is 0 Å². The van der Waals surface area contributed by atoms with Gasteiger partial charge in [0, 0.05) is 12.6 Å². The molecule has 0 saturated heterocycles. The highest BCUT2D eigenvalue weighted by atomic mass is 32.2. The summed E-state index contributed by atoms with van der Waals surface area (Å²) in [5.74, 6) is -1.66. The van der Waals surface area contributed by atoms with Crippen molar-refractivity contribution in [3.63, 3.8) is 0 Å². The van der Waals surface area contributed by atoms with E-state index in [4.69, 9.17) is 9.47 Å². The lowest BCUT2D eigenvalue weighted by atomic mass is 10.2. The molecule has 0 bridgehead atoms. The molecule has 0 aliphatic rings. The predicted molar refractivity (Wildman–Crippen MR) is 114 cm³/mol. The second-order valence-electron chi connectivity index (χ2n) is 6.29. The summed E-state index contributed by atoms with van der Waals surface area (Å²) in [6.45, 7) is 4.26. The van der Waals surface area contributed by atoms with Crippen LogP contribution in [0, 0.1) is 0 Å².